The monoisotopic (exact) mass is 450 g/mol. The second kappa shape index (κ2) is 8.66. The number of carbonyl (C=O) groups is 2. The lowest BCUT2D eigenvalue weighted by Crippen LogP contribution is -2.44. The van der Waals surface area contributed by atoms with Crippen LogP contribution in [0, 0.1) is 6.92 Å². The van der Waals surface area contributed by atoms with Gasteiger partial charge in [0.15, 0.2) is 0 Å². The van der Waals surface area contributed by atoms with Gasteiger partial charge in [-0.3, -0.25) is 14.5 Å². The van der Waals surface area contributed by atoms with E-state index in [1.807, 2.05) is 25.1 Å². The molecule has 1 N–H and O–H groups in total. The fraction of sp³-hybridized carbons (Fsp3) is 0.150. The number of anilines is 1. The summed E-state index contributed by atoms with van der Waals surface area (Å²) in [6.07, 6.45) is 1.64. The van der Waals surface area contributed by atoms with E-state index in [1.54, 1.807) is 37.3 Å². The van der Waals surface area contributed by atoms with Gasteiger partial charge in [0.1, 0.15) is 10.4 Å². The number of nitrogens with zero attached hydrogens (tertiary/aromatic N) is 1. The first-order chi connectivity index (χ1) is 13.3. The van der Waals surface area contributed by atoms with Crippen LogP contribution in [0.4, 0.5) is 5.69 Å². The molecule has 3 rings (SSSR count). The molecule has 0 radical (unpaired) electrons. The average Bonchev–Trinajstić information content (AvgIpc) is 2.92. The summed E-state index contributed by atoms with van der Waals surface area (Å²) in [5.41, 5.74) is 2.31. The van der Waals surface area contributed by atoms with Crippen molar-refractivity contribution >= 4 is 75.1 Å². The molecule has 1 fully saturated rings. The number of hydrogen-bond donors (Lipinski definition) is 1. The van der Waals surface area contributed by atoms with Crippen molar-refractivity contribution in [2.75, 3.05) is 5.32 Å². The first-order valence-corrected chi connectivity index (χ1v) is 10.3. The number of hydrogen-bond acceptors (Lipinski definition) is 4. The molecule has 8 heteroatoms. The number of aryl methyl sites for hydroxylation is 1. The van der Waals surface area contributed by atoms with Gasteiger partial charge < -0.3 is 5.32 Å². The number of thioether (sulfide) groups is 1. The number of halogens is 2. The van der Waals surface area contributed by atoms with Crippen LogP contribution in [0.2, 0.25) is 10.0 Å². The molecule has 4 nitrogen and oxygen atoms in total. The van der Waals surface area contributed by atoms with E-state index >= 15 is 0 Å². The van der Waals surface area contributed by atoms with E-state index in [1.165, 1.54) is 4.90 Å². The number of amides is 2. The van der Waals surface area contributed by atoms with E-state index in [2.05, 4.69) is 5.32 Å². The second-order valence-corrected chi connectivity index (χ2v) is 8.69. The minimum Gasteiger partial charge on any atom is -0.324 e. The Bertz CT molecular complexity index is 1010. The maximum absolute atomic E-state index is 12.9. The van der Waals surface area contributed by atoms with Gasteiger partial charge in [-0.25, -0.2) is 0 Å². The Balaban J connectivity index is 1.80. The van der Waals surface area contributed by atoms with Crippen LogP contribution in [0.15, 0.2) is 47.4 Å². The molecule has 0 aliphatic carbocycles. The van der Waals surface area contributed by atoms with Gasteiger partial charge in [-0.1, -0.05) is 71.4 Å². The van der Waals surface area contributed by atoms with Crippen LogP contribution < -0.4 is 5.32 Å². The average molecular weight is 451 g/mol. The number of thiocarbonyl (C=S) groups is 1. The van der Waals surface area contributed by atoms with Crippen molar-refractivity contribution in [1.82, 2.24) is 4.90 Å². The van der Waals surface area contributed by atoms with Crippen LogP contribution in [0.1, 0.15) is 18.1 Å². The summed E-state index contributed by atoms with van der Waals surface area (Å²) >= 11 is 18.7. The maximum atomic E-state index is 12.9. The minimum atomic E-state index is -0.756. The van der Waals surface area contributed by atoms with Crippen molar-refractivity contribution < 1.29 is 9.59 Å². The van der Waals surface area contributed by atoms with E-state index in [0.29, 0.717) is 30.5 Å². The highest BCUT2D eigenvalue weighted by Crippen LogP contribution is 2.36. The van der Waals surface area contributed by atoms with E-state index < -0.39 is 6.04 Å². The SMILES string of the molecule is Cc1cccc(NC(=O)C(C)N2C(=O)/C(=C/c3cccc(Cl)c3Cl)SC2=S)c1. The standard InChI is InChI=1S/C20H16Cl2N2O2S2/c1-11-5-3-7-14(9-11)23-18(25)12(2)24-19(26)16(28-20(24)27)10-13-6-4-8-15(21)17(13)22/h3-10,12H,1-2H3,(H,23,25)/b16-10-. The van der Waals surface area contributed by atoms with Gasteiger partial charge in [-0.05, 0) is 49.2 Å². The second-order valence-electron chi connectivity index (χ2n) is 6.23. The van der Waals surface area contributed by atoms with Crippen LogP contribution in [-0.2, 0) is 9.59 Å². The molecule has 1 aliphatic rings. The lowest BCUT2D eigenvalue weighted by Gasteiger charge is -2.22. The van der Waals surface area contributed by atoms with E-state index in [0.717, 1.165) is 17.3 Å². The van der Waals surface area contributed by atoms with Gasteiger partial charge in [0, 0.05) is 5.69 Å². The Labute approximate surface area is 182 Å². The van der Waals surface area contributed by atoms with Gasteiger partial charge in [-0.2, -0.15) is 0 Å². The fourth-order valence-electron chi connectivity index (χ4n) is 2.67. The Morgan fingerprint density at radius 1 is 1.25 bits per heavy atom. The van der Waals surface area contributed by atoms with Crippen molar-refractivity contribution in [3.8, 4) is 0 Å². The lowest BCUT2D eigenvalue weighted by molar-refractivity contribution is -0.129. The van der Waals surface area contributed by atoms with E-state index in [4.69, 9.17) is 35.4 Å². The molecular weight excluding hydrogens is 435 g/mol. The van der Waals surface area contributed by atoms with Crippen LogP contribution in [0.25, 0.3) is 6.08 Å². The quantitative estimate of drug-likeness (QED) is 0.491. The van der Waals surface area contributed by atoms with Crippen molar-refractivity contribution in [3.05, 3.63) is 68.5 Å². The summed E-state index contributed by atoms with van der Waals surface area (Å²) in [5, 5.41) is 3.58. The largest absolute Gasteiger partial charge is 0.324 e. The number of nitrogens with one attached hydrogen (secondary N) is 1. The number of benzene rings is 2. The molecule has 2 aromatic carbocycles. The summed E-state index contributed by atoms with van der Waals surface area (Å²) < 4.78 is 0.321. The summed E-state index contributed by atoms with van der Waals surface area (Å²) in [7, 11) is 0. The summed E-state index contributed by atoms with van der Waals surface area (Å²) in [6.45, 7) is 3.58. The highest BCUT2D eigenvalue weighted by molar-refractivity contribution is 8.26. The fourth-order valence-corrected chi connectivity index (χ4v) is 4.45. The predicted molar refractivity (Wildman–Crippen MR) is 121 cm³/mol. The third kappa shape index (κ3) is 4.41. The topological polar surface area (TPSA) is 49.4 Å². The van der Waals surface area contributed by atoms with Crippen molar-refractivity contribution in [3.63, 3.8) is 0 Å². The molecule has 2 amide bonds. The molecule has 1 saturated heterocycles. The van der Waals surface area contributed by atoms with E-state index in [9.17, 15) is 9.59 Å². The van der Waals surface area contributed by atoms with Gasteiger partial charge in [0.25, 0.3) is 5.91 Å². The first kappa shape index (κ1) is 20.9. The number of rotatable bonds is 4. The molecule has 0 bridgehead atoms. The van der Waals surface area contributed by atoms with Gasteiger partial charge in [0.2, 0.25) is 5.91 Å². The lowest BCUT2D eigenvalue weighted by atomic mass is 10.2. The summed E-state index contributed by atoms with van der Waals surface area (Å²) in [4.78, 5) is 27.2. The minimum absolute atomic E-state index is 0.316. The highest BCUT2D eigenvalue weighted by atomic mass is 35.5. The van der Waals surface area contributed by atoms with Gasteiger partial charge in [-0.15, -0.1) is 0 Å². The smallest absolute Gasteiger partial charge is 0.266 e. The van der Waals surface area contributed by atoms with Crippen LogP contribution in [-0.4, -0.2) is 27.1 Å². The Hall–Kier alpha value is -1.86. The molecule has 0 aromatic heterocycles. The van der Waals surface area contributed by atoms with Crippen LogP contribution >= 0.6 is 47.2 Å². The molecule has 1 heterocycles. The molecule has 1 aliphatic heterocycles. The predicted octanol–water partition coefficient (Wildman–Crippen LogP) is 5.53. The Morgan fingerprint density at radius 3 is 2.68 bits per heavy atom. The third-order valence-corrected chi connectivity index (χ3v) is 6.31. The molecule has 1 atom stereocenters. The van der Waals surface area contributed by atoms with Gasteiger partial charge in [0.05, 0.1) is 15.0 Å². The zero-order valence-corrected chi connectivity index (χ0v) is 18.2. The molecule has 1 unspecified atom stereocenters. The van der Waals surface area contributed by atoms with Crippen molar-refractivity contribution in [1.29, 1.82) is 0 Å². The summed E-state index contributed by atoms with van der Waals surface area (Å²) in [6, 6.07) is 11.9. The highest BCUT2D eigenvalue weighted by Gasteiger charge is 2.38. The Kier molecular flexibility index (Phi) is 6.45. The maximum Gasteiger partial charge on any atom is 0.266 e. The van der Waals surface area contributed by atoms with E-state index in [-0.39, 0.29) is 11.8 Å². The molecular formula is C20H16Cl2N2O2S2. The molecule has 0 saturated carbocycles. The Morgan fingerprint density at radius 2 is 1.96 bits per heavy atom. The third-order valence-electron chi connectivity index (χ3n) is 4.14. The van der Waals surface area contributed by atoms with Crippen LogP contribution in [0.5, 0.6) is 0 Å². The molecule has 0 spiro atoms. The number of carbonyl (C=O) groups excluding carboxylic acids is 2. The summed E-state index contributed by atoms with van der Waals surface area (Å²) in [5.74, 6) is -0.651. The normalized spacial score (nSPS) is 16.6. The molecule has 144 valence electrons. The molecule has 28 heavy (non-hydrogen) atoms. The zero-order chi connectivity index (χ0) is 20.4. The van der Waals surface area contributed by atoms with Gasteiger partial charge >= 0.3 is 0 Å². The van der Waals surface area contributed by atoms with Crippen molar-refractivity contribution in [2.24, 2.45) is 0 Å². The van der Waals surface area contributed by atoms with Crippen LogP contribution in [0.3, 0.4) is 0 Å². The first-order valence-electron chi connectivity index (χ1n) is 8.36. The van der Waals surface area contributed by atoms with Crippen molar-refractivity contribution in [2.45, 2.75) is 19.9 Å². The molecule has 2 aromatic rings. The zero-order valence-electron chi connectivity index (χ0n) is 15.0.